The quantitative estimate of drug-likeness (QED) is 0.808. The van der Waals surface area contributed by atoms with E-state index in [4.69, 9.17) is 11.6 Å². The van der Waals surface area contributed by atoms with Crippen molar-refractivity contribution in [2.75, 3.05) is 0 Å². The lowest BCUT2D eigenvalue weighted by molar-refractivity contribution is -0.159. The van der Waals surface area contributed by atoms with Crippen molar-refractivity contribution in [3.8, 4) is 0 Å². The van der Waals surface area contributed by atoms with Gasteiger partial charge < -0.3 is 0 Å². The van der Waals surface area contributed by atoms with Gasteiger partial charge in [0, 0.05) is 11.1 Å². The molecule has 0 saturated heterocycles. The molecule has 0 fully saturated rings. The van der Waals surface area contributed by atoms with Crippen LogP contribution in [0.3, 0.4) is 0 Å². The number of hydrogen-bond acceptors (Lipinski definition) is 1. The lowest BCUT2D eigenvalue weighted by Gasteiger charge is -2.26. The van der Waals surface area contributed by atoms with Crippen molar-refractivity contribution in [1.29, 1.82) is 0 Å². The maximum Gasteiger partial charge on any atom is 0.407 e. The first-order valence-corrected chi connectivity index (χ1v) is 6.89. The Morgan fingerprint density at radius 1 is 0.952 bits per heavy atom. The minimum Gasteiger partial charge on any atom is -0.296 e. The van der Waals surface area contributed by atoms with E-state index in [1.165, 1.54) is 12.1 Å². The smallest absolute Gasteiger partial charge is 0.296 e. The lowest BCUT2D eigenvalue weighted by atomic mass is 10.0. The van der Waals surface area contributed by atoms with Crippen molar-refractivity contribution in [1.82, 2.24) is 5.32 Å². The molecule has 0 radical (unpaired) electrons. The first kappa shape index (κ1) is 15.9. The van der Waals surface area contributed by atoms with Crippen molar-refractivity contribution in [2.45, 2.75) is 25.2 Å². The zero-order valence-corrected chi connectivity index (χ0v) is 12.1. The standard InChI is InChI=1S/C16H15ClF3N/c1-11(13-9-5-6-10-14(13)17)21-15(16(18,19)20)12-7-3-2-4-8-12/h2-11,15,21H,1H3. The molecular weight excluding hydrogens is 299 g/mol. The number of halogens is 4. The van der Waals surface area contributed by atoms with Gasteiger partial charge in [0.1, 0.15) is 6.04 Å². The highest BCUT2D eigenvalue weighted by atomic mass is 35.5. The van der Waals surface area contributed by atoms with Crippen molar-refractivity contribution in [2.24, 2.45) is 0 Å². The Labute approximate surface area is 126 Å². The largest absolute Gasteiger partial charge is 0.407 e. The van der Waals surface area contributed by atoms with Crippen LogP contribution in [-0.4, -0.2) is 6.18 Å². The third kappa shape index (κ3) is 3.99. The molecule has 0 aliphatic rings. The molecule has 0 aliphatic heterocycles. The third-order valence-corrected chi connectivity index (χ3v) is 3.59. The molecule has 2 aromatic rings. The van der Waals surface area contributed by atoms with E-state index in [0.29, 0.717) is 10.6 Å². The van der Waals surface area contributed by atoms with E-state index in [0.717, 1.165) is 0 Å². The summed E-state index contributed by atoms with van der Waals surface area (Å²) in [5.41, 5.74) is 0.827. The van der Waals surface area contributed by atoms with E-state index in [1.807, 2.05) is 0 Å². The summed E-state index contributed by atoms with van der Waals surface area (Å²) in [6, 6.07) is 12.4. The van der Waals surface area contributed by atoms with E-state index in [-0.39, 0.29) is 5.56 Å². The molecule has 2 rings (SSSR count). The molecule has 0 aromatic heterocycles. The molecule has 1 N–H and O–H groups in total. The van der Waals surface area contributed by atoms with Crippen LogP contribution in [0.5, 0.6) is 0 Å². The van der Waals surface area contributed by atoms with E-state index in [1.54, 1.807) is 49.4 Å². The Morgan fingerprint density at radius 3 is 2.10 bits per heavy atom. The van der Waals surface area contributed by atoms with Crippen LogP contribution in [0.2, 0.25) is 5.02 Å². The predicted molar refractivity (Wildman–Crippen MR) is 78.2 cm³/mol. The van der Waals surface area contributed by atoms with E-state index >= 15 is 0 Å². The highest BCUT2D eigenvalue weighted by molar-refractivity contribution is 6.31. The van der Waals surface area contributed by atoms with Crippen molar-refractivity contribution in [3.05, 3.63) is 70.7 Å². The van der Waals surface area contributed by atoms with Gasteiger partial charge in [0.2, 0.25) is 0 Å². The van der Waals surface area contributed by atoms with Gasteiger partial charge >= 0.3 is 6.18 Å². The Balaban J connectivity index is 2.26. The topological polar surface area (TPSA) is 12.0 Å². The zero-order chi connectivity index (χ0) is 15.5. The molecule has 0 amide bonds. The van der Waals surface area contributed by atoms with Crippen molar-refractivity contribution < 1.29 is 13.2 Å². The van der Waals surface area contributed by atoms with Crippen molar-refractivity contribution in [3.63, 3.8) is 0 Å². The molecule has 0 heterocycles. The van der Waals surface area contributed by atoms with Gasteiger partial charge in [0.15, 0.2) is 0 Å². The van der Waals surface area contributed by atoms with E-state index in [2.05, 4.69) is 5.32 Å². The van der Waals surface area contributed by atoms with Crippen LogP contribution < -0.4 is 5.32 Å². The Kier molecular flexibility index (Phi) is 4.91. The second-order valence-electron chi connectivity index (χ2n) is 4.80. The molecule has 0 aliphatic carbocycles. The lowest BCUT2D eigenvalue weighted by Crippen LogP contribution is -2.35. The number of hydrogen-bond donors (Lipinski definition) is 1. The number of rotatable bonds is 4. The van der Waals surface area contributed by atoms with Gasteiger partial charge in [0.25, 0.3) is 0 Å². The molecule has 2 atom stereocenters. The SMILES string of the molecule is CC(NC(c1ccccc1)C(F)(F)F)c1ccccc1Cl. The first-order chi connectivity index (χ1) is 9.89. The summed E-state index contributed by atoms with van der Waals surface area (Å²) in [4.78, 5) is 0. The summed E-state index contributed by atoms with van der Waals surface area (Å²) >= 11 is 6.04. The Morgan fingerprint density at radius 2 is 1.52 bits per heavy atom. The molecule has 0 bridgehead atoms. The van der Waals surface area contributed by atoms with Gasteiger partial charge in [-0.25, -0.2) is 0 Å². The molecule has 5 heteroatoms. The summed E-state index contributed by atoms with van der Waals surface area (Å²) in [7, 11) is 0. The minimum atomic E-state index is -4.38. The fraction of sp³-hybridized carbons (Fsp3) is 0.250. The van der Waals surface area contributed by atoms with Gasteiger partial charge in [0.05, 0.1) is 0 Å². The van der Waals surface area contributed by atoms with Crippen LogP contribution in [0.1, 0.15) is 30.1 Å². The summed E-state index contributed by atoms with van der Waals surface area (Å²) in [6.45, 7) is 1.67. The molecule has 1 nitrogen and oxygen atoms in total. The van der Waals surface area contributed by atoms with Gasteiger partial charge in [-0.3, -0.25) is 5.32 Å². The van der Waals surface area contributed by atoms with Gasteiger partial charge in [-0.15, -0.1) is 0 Å². The Hall–Kier alpha value is -1.52. The number of nitrogens with one attached hydrogen (secondary N) is 1. The van der Waals surface area contributed by atoms with Crippen LogP contribution >= 0.6 is 11.6 Å². The molecular formula is C16H15ClF3N. The number of alkyl halides is 3. The maximum absolute atomic E-state index is 13.3. The highest BCUT2D eigenvalue weighted by Crippen LogP contribution is 2.35. The fourth-order valence-electron chi connectivity index (χ4n) is 2.19. The van der Waals surface area contributed by atoms with Crippen LogP contribution in [-0.2, 0) is 0 Å². The maximum atomic E-state index is 13.3. The van der Waals surface area contributed by atoms with Crippen LogP contribution in [0, 0.1) is 0 Å². The average Bonchev–Trinajstić information content (AvgIpc) is 2.44. The molecule has 21 heavy (non-hydrogen) atoms. The van der Waals surface area contributed by atoms with Gasteiger partial charge in [-0.1, -0.05) is 60.1 Å². The molecule has 0 spiro atoms. The second-order valence-corrected chi connectivity index (χ2v) is 5.20. The zero-order valence-electron chi connectivity index (χ0n) is 11.4. The van der Waals surface area contributed by atoms with Gasteiger partial charge in [-0.2, -0.15) is 13.2 Å². The third-order valence-electron chi connectivity index (χ3n) is 3.25. The fourth-order valence-corrected chi connectivity index (χ4v) is 2.49. The van der Waals surface area contributed by atoms with Crippen LogP contribution in [0.15, 0.2) is 54.6 Å². The monoisotopic (exact) mass is 313 g/mol. The highest BCUT2D eigenvalue weighted by Gasteiger charge is 2.41. The summed E-state index contributed by atoms with van der Waals surface area (Å²) < 4.78 is 39.9. The first-order valence-electron chi connectivity index (χ1n) is 6.51. The molecule has 2 unspecified atom stereocenters. The summed E-state index contributed by atoms with van der Waals surface area (Å²) in [5.74, 6) is 0. The van der Waals surface area contributed by atoms with E-state index < -0.39 is 18.3 Å². The van der Waals surface area contributed by atoms with Crippen molar-refractivity contribution >= 4 is 11.6 Å². The summed E-state index contributed by atoms with van der Waals surface area (Å²) in [5, 5.41) is 3.07. The van der Waals surface area contributed by atoms with Crippen LogP contribution in [0.25, 0.3) is 0 Å². The number of benzene rings is 2. The predicted octanol–water partition coefficient (Wildman–Crippen LogP) is 5.29. The Bertz CT molecular complexity index is 584. The molecule has 112 valence electrons. The van der Waals surface area contributed by atoms with E-state index in [9.17, 15) is 13.2 Å². The second kappa shape index (κ2) is 6.50. The average molecular weight is 314 g/mol. The molecule has 0 saturated carbocycles. The normalized spacial score (nSPS) is 14.7. The summed E-state index contributed by atoms with van der Waals surface area (Å²) in [6.07, 6.45) is -4.38. The molecule has 2 aromatic carbocycles. The van der Waals surface area contributed by atoms with Crippen LogP contribution in [0.4, 0.5) is 13.2 Å². The van der Waals surface area contributed by atoms with Gasteiger partial charge in [-0.05, 0) is 24.1 Å². The minimum absolute atomic E-state index is 0.184.